The van der Waals surface area contributed by atoms with Gasteiger partial charge in [-0.3, -0.25) is 0 Å². The van der Waals surface area contributed by atoms with Crippen molar-refractivity contribution in [3.05, 3.63) is 69.2 Å². The first-order valence-electron chi connectivity index (χ1n) is 6.43. The Bertz CT molecular complexity index is 568. The highest BCUT2D eigenvalue weighted by Gasteiger charge is 2.10. The molecule has 0 aliphatic carbocycles. The molecule has 2 aromatic carbocycles. The summed E-state index contributed by atoms with van der Waals surface area (Å²) in [6, 6.07) is 12.5. The van der Waals surface area contributed by atoms with E-state index in [-0.39, 0.29) is 5.38 Å². The van der Waals surface area contributed by atoms with E-state index < -0.39 is 0 Å². The maximum atomic E-state index is 6.52. The van der Waals surface area contributed by atoms with Crippen molar-refractivity contribution < 1.29 is 0 Å². The zero-order valence-corrected chi connectivity index (χ0v) is 13.0. The normalized spacial score (nSPS) is 12.5. The second kappa shape index (κ2) is 5.98. The van der Waals surface area contributed by atoms with Crippen LogP contribution in [0.4, 0.5) is 0 Å². The van der Waals surface area contributed by atoms with E-state index in [1.807, 2.05) is 19.1 Å². The second-order valence-electron chi connectivity index (χ2n) is 5.15. The van der Waals surface area contributed by atoms with Gasteiger partial charge in [0, 0.05) is 5.02 Å². The predicted molar refractivity (Wildman–Crippen MR) is 84.4 cm³/mol. The third-order valence-electron chi connectivity index (χ3n) is 3.41. The van der Waals surface area contributed by atoms with Crippen molar-refractivity contribution in [2.45, 2.75) is 32.6 Å². The first kappa shape index (κ1) is 14.4. The van der Waals surface area contributed by atoms with Gasteiger partial charge in [0.2, 0.25) is 0 Å². The largest absolute Gasteiger partial charge is 0.117 e. The molecule has 1 unspecified atom stereocenters. The van der Waals surface area contributed by atoms with Crippen LogP contribution in [-0.4, -0.2) is 0 Å². The number of benzene rings is 2. The predicted octanol–water partition coefficient (Wildman–Crippen LogP) is 5.79. The summed E-state index contributed by atoms with van der Waals surface area (Å²) in [5.74, 6) is 0. The van der Waals surface area contributed by atoms with Crippen molar-refractivity contribution in [2.24, 2.45) is 0 Å². The van der Waals surface area contributed by atoms with Gasteiger partial charge in [-0.2, -0.15) is 0 Å². The number of rotatable bonds is 3. The zero-order valence-electron chi connectivity index (χ0n) is 11.5. The molecule has 0 aliphatic rings. The highest BCUT2D eigenvalue weighted by molar-refractivity contribution is 6.30. The van der Waals surface area contributed by atoms with Crippen molar-refractivity contribution in [1.82, 2.24) is 0 Å². The van der Waals surface area contributed by atoms with Crippen LogP contribution >= 0.6 is 23.2 Å². The molecule has 2 heteroatoms. The number of alkyl halides is 1. The summed E-state index contributed by atoms with van der Waals surface area (Å²) in [6.07, 6.45) is 0.822. The minimum absolute atomic E-state index is 0.0421. The van der Waals surface area contributed by atoms with E-state index in [0.717, 1.165) is 22.6 Å². The fourth-order valence-corrected chi connectivity index (χ4v) is 2.80. The van der Waals surface area contributed by atoms with Gasteiger partial charge >= 0.3 is 0 Å². The highest BCUT2D eigenvalue weighted by atomic mass is 35.5. The minimum Gasteiger partial charge on any atom is -0.117 e. The van der Waals surface area contributed by atoms with Gasteiger partial charge in [0.05, 0.1) is 5.38 Å². The van der Waals surface area contributed by atoms with Crippen molar-refractivity contribution in [3.63, 3.8) is 0 Å². The van der Waals surface area contributed by atoms with E-state index in [0.29, 0.717) is 0 Å². The SMILES string of the molecule is Cc1cc(Cl)cc(C(Cl)Cc2ccc(C)c(C)c2)c1. The Hall–Kier alpha value is -0.980. The van der Waals surface area contributed by atoms with Crippen molar-refractivity contribution in [3.8, 4) is 0 Å². The topological polar surface area (TPSA) is 0 Å². The second-order valence-corrected chi connectivity index (χ2v) is 6.12. The highest BCUT2D eigenvalue weighted by Crippen LogP contribution is 2.28. The molecule has 0 aliphatic heterocycles. The fourth-order valence-electron chi connectivity index (χ4n) is 2.20. The zero-order chi connectivity index (χ0) is 14.0. The maximum absolute atomic E-state index is 6.52. The van der Waals surface area contributed by atoms with E-state index in [9.17, 15) is 0 Å². The summed E-state index contributed by atoms with van der Waals surface area (Å²) >= 11 is 12.6. The molecule has 0 saturated carbocycles. The molecule has 1 atom stereocenters. The van der Waals surface area contributed by atoms with Crippen LogP contribution in [0.2, 0.25) is 5.02 Å². The molecule has 0 fully saturated rings. The van der Waals surface area contributed by atoms with Crippen LogP contribution < -0.4 is 0 Å². The van der Waals surface area contributed by atoms with Crippen LogP contribution in [0, 0.1) is 20.8 Å². The Labute approximate surface area is 125 Å². The molecule has 0 aromatic heterocycles. The Kier molecular flexibility index (Phi) is 4.54. The molecule has 0 nitrogen and oxygen atoms in total. The molecule has 0 heterocycles. The first-order valence-corrected chi connectivity index (χ1v) is 7.24. The lowest BCUT2D eigenvalue weighted by Gasteiger charge is -2.12. The third-order valence-corrected chi connectivity index (χ3v) is 4.04. The van der Waals surface area contributed by atoms with Gasteiger partial charge in [-0.1, -0.05) is 35.9 Å². The van der Waals surface area contributed by atoms with Crippen LogP contribution in [0.15, 0.2) is 36.4 Å². The molecule has 2 aromatic rings. The molecule has 0 spiro atoms. The maximum Gasteiger partial charge on any atom is 0.0626 e. The number of hydrogen-bond acceptors (Lipinski definition) is 0. The Morgan fingerprint density at radius 1 is 0.947 bits per heavy atom. The smallest absolute Gasteiger partial charge is 0.0626 e. The number of hydrogen-bond donors (Lipinski definition) is 0. The van der Waals surface area contributed by atoms with Gasteiger partial charge in [-0.15, -0.1) is 11.6 Å². The Morgan fingerprint density at radius 3 is 2.32 bits per heavy atom. The molecule has 0 saturated heterocycles. The fraction of sp³-hybridized carbons (Fsp3) is 0.294. The average molecular weight is 293 g/mol. The number of halogens is 2. The van der Waals surface area contributed by atoms with Crippen LogP contribution in [0.5, 0.6) is 0 Å². The van der Waals surface area contributed by atoms with Crippen LogP contribution in [0.1, 0.15) is 33.2 Å². The molecular weight excluding hydrogens is 275 g/mol. The summed E-state index contributed by atoms with van der Waals surface area (Å²) < 4.78 is 0. The van der Waals surface area contributed by atoms with Crippen LogP contribution in [0.3, 0.4) is 0 Å². The molecule has 0 N–H and O–H groups in total. The summed E-state index contributed by atoms with van der Waals surface area (Å²) in [6.45, 7) is 6.29. The Morgan fingerprint density at radius 2 is 1.68 bits per heavy atom. The lowest BCUT2D eigenvalue weighted by Crippen LogP contribution is -1.97. The van der Waals surface area contributed by atoms with Crippen LogP contribution in [-0.2, 0) is 6.42 Å². The summed E-state index contributed by atoms with van der Waals surface area (Å²) in [4.78, 5) is 0. The van der Waals surface area contributed by atoms with E-state index >= 15 is 0 Å². The monoisotopic (exact) mass is 292 g/mol. The molecule has 19 heavy (non-hydrogen) atoms. The van der Waals surface area contributed by atoms with Crippen molar-refractivity contribution >= 4 is 23.2 Å². The molecule has 0 bridgehead atoms. The van der Waals surface area contributed by atoms with Gasteiger partial charge in [0.15, 0.2) is 0 Å². The standard InChI is InChI=1S/C17H18Cl2/c1-11-6-15(10-16(18)7-11)17(19)9-14-5-4-12(2)13(3)8-14/h4-8,10,17H,9H2,1-3H3. The average Bonchev–Trinajstić information content (AvgIpc) is 2.32. The van der Waals surface area contributed by atoms with E-state index in [1.54, 1.807) is 0 Å². The van der Waals surface area contributed by atoms with Gasteiger partial charge in [0.25, 0.3) is 0 Å². The van der Waals surface area contributed by atoms with Gasteiger partial charge < -0.3 is 0 Å². The van der Waals surface area contributed by atoms with Crippen molar-refractivity contribution in [2.75, 3.05) is 0 Å². The molecule has 0 amide bonds. The van der Waals surface area contributed by atoms with Gasteiger partial charge in [0.1, 0.15) is 0 Å². The summed E-state index contributed by atoms with van der Waals surface area (Å²) in [5, 5.41) is 0.709. The van der Waals surface area contributed by atoms with E-state index in [4.69, 9.17) is 23.2 Å². The lowest BCUT2D eigenvalue weighted by molar-refractivity contribution is 0.915. The molecule has 0 radical (unpaired) electrons. The van der Waals surface area contributed by atoms with Gasteiger partial charge in [-0.25, -0.2) is 0 Å². The van der Waals surface area contributed by atoms with Gasteiger partial charge in [-0.05, 0) is 67.1 Å². The first-order chi connectivity index (χ1) is 8.95. The van der Waals surface area contributed by atoms with Crippen molar-refractivity contribution in [1.29, 1.82) is 0 Å². The minimum atomic E-state index is -0.0421. The Balaban J connectivity index is 2.20. The third kappa shape index (κ3) is 3.75. The van der Waals surface area contributed by atoms with Crippen LogP contribution in [0.25, 0.3) is 0 Å². The van der Waals surface area contributed by atoms with E-state index in [1.165, 1.54) is 16.7 Å². The molecular formula is C17H18Cl2. The number of aryl methyl sites for hydroxylation is 3. The summed E-state index contributed by atoms with van der Waals surface area (Å²) in [5.41, 5.74) is 6.12. The quantitative estimate of drug-likeness (QED) is 0.628. The summed E-state index contributed by atoms with van der Waals surface area (Å²) in [7, 11) is 0. The molecule has 2 rings (SSSR count). The lowest BCUT2D eigenvalue weighted by atomic mass is 9.99. The molecule has 100 valence electrons. The van der Waals surface area contributed by atoms with E-state index in [2.05, 4.69) is 38.1 Å².